The van der Waals surface area contributed by atoms with Crippen LogP contribution in [-0.4, -0.2) is 20.3 Å². The Morgan fingerprint density at radius 3 is 2.76 bits per heavy atom. The molecule has 1 N–H and O–H groups in total. The van der Waals surface area contributed by atoms with E-state index in [4.69, 9.17) is 0 Å². The highest BCUT2D eigenvalue weighted by atomic mass is 15.3. The van der Waals surface area contributed by atoms with E-state index in [-0.39, 0.29) is 5.54 Å². The van der Waals surface area contributed by atoms with Crippen LogP contribution in [0, 0.1) is 0 Å². The molecule has 108 valence electrons. The number of para-hydroxylation sites is 1. The van der Waals surface area contributed by atoms with E-state index in [1.165, 1.54) is 0 Å². The summed E-state index contributed by atoms with van der Waals surface area (Å²) in [6.07, 6.45) is 3.73. The molecule has 3 aromatic rings. The molecule has 1 aromatic carbocycles. The van der Waals surface area contributed by atoms with Crippen LogP contribution in [0.15, 0.2) is 48.8 Å². The highest BCUT2D eigenvalue weighted by molar-refractivity contribution is 5.80. The largest absolute Gasteiger partial charge is 0.306 e. The van der Waals surface area contributed by atoms with Gasteiger partial charge in [-0.15, -0.1) is 0 Å². The lowest BCUT2D eigenvalue weighted by Crippen LogP contribution is -2.35. The number of nitrogens with zero attached hydrogens (tertiary/aromatic N) is 3. The molecule has 0 bridgehead atoms. The van der Waals surface area contributed by atoms with Gasteiger partial charge >= 0.3 is 0 Å². The van der Waals surface area contributed by atoms with Gasteiger partial charge < -0.3 is 5.32 Å². The Hall–Kier alpha value is -2.20. The molecule has 0 atom stereocenters. The van der Waals surface area contributed by atoms with Crippen molar-refractivity contribution < 1.29 is 0 Å². The van der Waals surface area contributed by atoms with Crippen molar-refractivity contribution in [3.05, 3.63) is 54.5 Å². The van der Waals surface area contributed by atoms with Crippen molar-refractivity contribution in [3.8, 4) is 5.69 Å². The second-order valence-electron chi connectivity index (χ2n) is 6.22. The first-order valence-corrected chi connectivity index (χ1v) is 7.16. The number of pyridine rings is 1. The summed E-state index contributed by atoms with van der Waals surface area (Å²) in [4.78, 5) is 4.43. The summed E-state index contributed by atoms with van der Waals surface area (Å²) in [7, 11) is 0. The standard InChI is InChI=1S/C17H20N4/c1-17(2,3)19-12-14-10-15(8-9-18-14)21-16-7-5-4-6-13(16)11-20-21/h4-11,19H,12H2,1-3H3. The molecule has 0 aliphatic carbocycles. The zero-order valence-electron chi connectivity index (χ0n) is 12.7. The van der Waals surface area contributed by atoms with Crippen LogP contribution in [0.1, 0.15) is 26.5 Å². The van der Waals surface area contributed by atoms with Gasteiger partial charge in [0.25, 0.3) is 0 Å². The third kappa shape index (κ3) is 3.11. The monoisotopic (exact) mass is 280 g/mol. The van der Waals surface area contributed by atoms with E-state index in [0.29, 0.717) is 0 Å². The minimum absolute atomic E-state index is 0.0794. The van der Waals surface area contributed by atoms with Crippen molar-refractivity contribution >= 4 is 10.9 Å². The van der Waals surface area contributed by atoms with Gasteiger partial charge in [-0.3, -0.25) is 4.98 Å². The summed E-state index contributed by atoms with van der Waals surface area (Å²) in [6.45, 7) is 7.20. The van der Waals surface area contributed by atoms with Gasteiger partial charge in [-0.05, 0) is 39.0 Å². The Kier molecular flexibility index (Phi) is 3.47. The third-order valence-corrected chi connectivity index (χ3v) is 3.32. The molecule has 2 aromatic heterocycles. The molecule has 3 rings (SSSR count). The molecule has 0 aliphatic heterocycles. The zero-order chi connectivity index (χ0) is 14.9. The first-order valence-electron chi connectivity index (χ1n) is 7.16. The van der Waals surface area contributed by atoms with Crippen LogP contribution < -0.4 is 5.32 Å². The van der Waals surface area contributed by atoms with Gasteiger partial charge in [-0.1, -0.05) is 18.2 Å². The average Bonchev–Trinajstić information content (AvgIpc) is 2.89. The maximum absolute atomic E-state index is 4.48. The molecule has 21 heavy (non-hydrogen) atoms. The van der Waals surface area contributed by atoms with E-state index in [9.17, 15) is 0 Å². The minimum Gasteiger partial charge on any atom is -0.306 e. The minimum atomic E-state index is 0.0794. The number of fused-ring (bicyclic) bond motifs is 1. The average molecular weight is 280 g/mol. The lowest BCUT2D eigenvalue weighted by atomic mass is 10.1. The lowest BCUT2D eigenvalue weighted by Gasteiger charge is -2.20. The molecule has 4 nitrogen and oxygen atoms in total. The summed E-state index contributed by atoms with van der Waals surface area (Å²) in [5, 5.41) is 9.08. The summed E-state index contributed by atoms with van der Waals surface area (Å²) < 4.78 is 1.96. The van der Waals surface area contributed by atoms with Gasteiger partial charge in [-0.25, -0.2) is 4.68 Å². The Bertz CT molecular complexity index is 753. The van der Waals surface area contributed by atoms with E-state index in [1.807, 2.05) is 35.3 Å². The predicted molar refractivity (Wildman–Crippen MR) is 85.5 cm³/mol. The molecular formula is C17H20N4. The molecule has 2 heterocycles. The predicted octanol–water partition coefficient (Wildman–Crippen LogP) is 3.31. The van der Waals surface area contributed by atoms with Gasteiger partial charge in [0, 0.05) is 23.7 Å². The number of hydrogen-bond acceptors (Lipinski definition) is 3. The van der Waals surface area contributed by atoms with Crippen molar-refractivity contribution in [3.63, 3.8) is 0 Å². The van der Waals surface area contributed by atoms with Crippen LogP contribution >= 0.6 is 0 Å². The molecule has 0 radical (unpaired) electrons. The molecule has 0 fully saturated rings. The summed E-state index contributed by atoms with van der Waals surface area (Å²) in [5.74, 6) is 0. The van der Waals surface area contributed by atoms with Crippen molar-refractivity contribution in [1.82, 2.24) is 20.1 Å². The molecular weight excluding hydrogens is 260 g/mol. The van der Waals surface area contributed by atoms with Crippen LogP contribution in [0.25, 0.3) is 16.6 Å². The normalized spacial score (nSPS) is 12.0. The molecule has 0 amide bonds. The molecule has 0 aliphatic rings. The topological polar surface area (TPSA) is 42.7 Å². The molecule has 0 unspecified atom stereocenters. The Morgan fingerprint density at radius 1 is 1.14 bits per heavy atom. The Labute approximate surface area is 124 Å². The smallest absolute Gasteiger partial charge is 0.0741 e. The first kappa shape index (κ1) is 13.8. The number of rotatable bonds is 3. The number of hydrogen-bond donors (Lipinski definition) is 1. The maximum atomic E-state index is 4.48. The Morgan fingerprint density at radius 2 is 1.95 bits per heavy atom. The summed E-state index contributed by atoms with van der Waals surface area (Å²) in [5.41, 5.74) is 3.24. The van der Waals surface area contributed by atoms with Crippen LogP contribution in [0.3, 0.4) is 0 Å². The quantitative estimate of drug-likeness (QED) is 0.800. The van der Waals surface area contributed by atoms with Gasteiger partial charge in [0.05, 0.1) is 23.1 Å². The van der Waals surface area contributed by atoms with Crippen molar-refractivity contribution in [2.45, 2.75) is 32.9 Å². The second kappa shape index (κ2) is 5.30. The van der Waals surface area contributed by atoms with Gasteiger partial charge in [0.1, 0.15) is 0 Å². The SMILES string of the molecule is CC(C)(C)NCc1cc(-n2ncc3ccccc32)ccn1. The van der Waals surface area contributed by atoms with Crippen LogP contribution in [-0.2, 0) is 6.54 Å². The number of nitrogens with one attached hydrogen (secondary N) is 1. The molecule has 0 saturated carbocycles. The van der Waals surface area contributed by atoms with Crippen LogP contribution in [0.4, 0.5) is 0 Å². The fourth-order valence-corrected chi connectivity index (χ4v) is 2.23. The van der Waals surface area contributed by atoms with E-state index >= 15 is 0 Å². The van der Waals surface area contributed by atoms with Crippen molar-refractivity contribution in [2.75, 3.05) is 0 Å². The van der Waals surface area contributed by atoms with Crippen LogP contribution in [0.5, 0.6) is 0 Å². The van der Waals surface area contributed by atoms with Gasteiger partial charge in [0.15, 0.2) is 0 Å². The van der Waals surface area contributed by atoms with E-state index < -0.39 is 0 Å². The molecule has 0 saturated heterocycles. The van der Waals surface area contributed by atoms with E-state index in [2.05, 4.69) is 54.4 Å². The lowest BCUT2D eigenvalue weighted by molar-refractivity contribution is 0.421. The summed E-state index contributed by atoms with van der Waals surface area (Å²) >= 11 is 0. The third-order valence-electron chi connectivity index (χ3n) is 3.32. The number of benzene rings is 1. The fraction of sp³-hybridized carbons (Fsp3) is 0.294. The van der Waals surface area contributed by atoms with Gasteiger partial charge in [-0.2, -0.15) is 5.10 Å². The summed E-state index contributed by atoms with van der Waals surface area (Å²) in [6, 6.07) is 12.3. The van der Waals surface area contributed by atoms with E-state index in [1.54, 1.807) is 0 Å². The van der Waals surface area contributed by atoms with Crippen molar-refractivity contribution in [2.24, 2.45) is 0 Å². The molecule has 0 spiro atoms. The Balaban J connectivity index is 1.92. The fourth-order valence-electron chi connectivity index (χ4n) is 2.23. The molecule has 4 heteroatoms. The zero-order valence-corrected chi connectivity index (χ0v) is 12.7. The highest BCUT2D eigenvalue weighted by Gasteiger charge is 2.10. The number of aromatic nitrogens is 3. The first-order chi connectivity index (χ1) is 10.0. The maximum Gasteiger partial charge on any atom is 0.0741 e. The van der Waals surface area contributed by atoms with Crippen molar-refractivity contribution in [1.29, 1.82) is 0 Å². The second-order valence-corrected chi connectivity index (χ2v) is 6.22. The van der Waals surface area contributed by atoms with E-state index in [0.717, 1.165) is 28.8 Å². The van der Waals surface area contributed by atoms with Gasteiger partial charge in [0.2, 0.25) is 0 Å². The highest BCUT2D eigenvalue weighted by Crippen LogP contribution is 2.18. The van der Waals surface area contributed by atoms with Crippen LogP contribution in [0.2, 0.25) is 0 Å².